The quantitative estimate of drug-likeness (QED) is 0.252. The third-order valence-electron chi connectivity index (χ3n) is 5.43. The Labute approximate surface area is 190 Å². The van der Waals surface area contributed by atoms with E-state index in [1.807, 2.05) is 25.1 Å². The SMILES string of the molecule is CCn1c2ccc(/C=C3\S/C(=N\C)N(C)C3=O)cc2c2cc(/C(C)=N/OC(C)=O)ccc21. The predicted octanol–water partition coefficient (Wildman–Crippen LogP) is 4.63. The minimum Gasteiger partial charge on any atom is -0.341 e. The third kappa shape index (κ3) is 3.82. The van der Waals surface area contributed by atoms with E-state index in [9.17, 15) is 9.59 Å². The summed E-state index contributed by atoms with van der Waals surface area (Å²) in [5, 5.41) is 6.78. The van der Waals surface area contributed by atoms with Gasteiger partial charge in [0.05, 0.1) is 10.6 Å². The average molecular weight is 449 g/mol. The fraction of sp³-hybridized carbons (Fsp3) is 0.250. The van der Waals surface area contributed by atoms with Gasteiger partial charge in [-0.1, -0.05) is 17.3 Å². The van der Waals surface area contributed by atoms with Gasteiger partial charge in [-0.3, -0.25) is 14.7 Å². The predicted molar refractivity (Wildman–Crippen MR) is 131 cm³/mol. The van der Waals surface area contributed by atoms with Gasteiger partial charge in [0.1, 0.15) is 0 Å². The number of aryl methyl sites for hydroxylation is 1. The molecule has 2 heterocycles. The summed E-state index contributed by atoms with van der Waals surface area (Å²) in [6, 6.07) is 12.3. The summed E-state index contributed by atoms with van der Waals surface area (Å²) in [5.74, 6) is -0.502. The van der Waals surface area contributed by atoms with Crippen molar-refractivity contribution in [1.82, 2.24) is 9.47 Å². The Morgan fingerprint density at radius 2 is 1.81 bits per heavy atom. The minimum atomic E-state index is -0.452. The molecule has 0 spiro atoms. The van der Waals surface area contributed by atoms with Crippen molar-refractivity contribution >= 4 is 62.4 Å². The molecular weight excluding hydrogens is 424 g/mol. The number of carbonyl (C=O) groups excluding carboxylic acids is 2. The van der Waals surface area contributed by atoms with Crippen molar-refractivity contribution in [3.63, 3.8) is 0 Å². The van der Waals surface area contributed by atoms with Gasteiger partial charge in [0.2, 0.25) is 0 Å². The van der Waals surface area contributed by atoms with Crippen LogP contribution in [0.1, 0.15) is 31.9 Å². The number of nitrogens with zero attached hydrogens (tertiary/aromatic N) is 4. The van der Waals surface area contributed by atoms with Gasteiger partial charge in [0, 0.05) is 49.4 Å². The van der Waals surface area contributed by atoms with Crippen LogP contribution in [-0.4, -0.2) is 46.3 Å². The summed E-state index contributed by atoms with van der Waals surface area (Å²) in [4.78, 5) is 34.8. The summed E-state index contributed by atoms with van der Waals surface area (Å²) >= 11 is 1.38. The molecule has 1 aliphatic heterocycles. The zero-order chi connectivity index (χ0) is 23.0. The van der Waals surface area contributed by atoms with Crippen LogP contribution in [0.2, 0.25) is 0 Å². The molecule has 0 aliphatic carbocycles. The molecule has 32 heavy (non-hydrogen) atoms. The summed E-state index contributed by atoms with van der Waals surface area (Å²) in [6.07, 6.45) is 1.91. The fourth-order valence-corrected chi connectivity index (χ4v) is 4.79. The standard InChI is InChI=1S/C24H24N4O3S/c1-6-28-20-9-7-16(12-22-23(30)27(5)24(25-4)32-22)11-18(20)19-13-17(8-10-21(19)28)14(2)26-31-15(3)29/h7-13H,6H2,1-5H3/b22-12-,25-24-,26-14+. The molecule has 1 fully saturated rings. The number of rotatable bonds is 4. The maximum atomic E-state index is 12.5. The van der Waals surface area contributed by atoms with Crippen LogP contribution in [-0.2, 0) is 21.0 Å². The number of hydrogen-bond donors (Lipinski definition) is 0. The first-order chi connectivity index (χ1) is 15.3. The van der Waals surface area contributed by atoms with E-state index in [2.05, 4.69) is 45.9 Å². The number of thioether (sulfide) groups is 1. The molecule has 164 valence electrons. The largest absolute Gasteiger partial charge is 0.341 e. The smallest absolute Gasteiger partial charge is 0.331 e. The number of aromatic nitrogens is 1. The first kappa shape index (κ1) is 21.8. The third-order valence-corrected chi connectivity index (χ3v) is 6.58. The fourth-order valence-electron chi connectivity index (χ4n) is 3.86. The van der Waals surface area contributed by atoms with E-state index in [0.717, 1.165) is 39.5 Å². The van der Waals surface area contributed by atoms with Gasteiger partial charge in [0.25, 0.3) is 5.91 Å². The summed E-state index contributed by atoms with van der Waals surface area (Å²) in [6.45, 7) is 6.08. The molecule has 0 unspecified atom stereocenters. The second-order valence-electron chi connectivity index (χ2n) is 7.49. The number of carbonyl (C=O) groups is 2. The van der Waals surface area contributed by atoms with E-state index in [4.69, 9.17) is 4.84 Å². The lowest BCUT2D eigenvalue weighted by atomic mass is 10.0. The Kier molecular flexibility index (Phi) is 5.88. The normalized spacial score (nSPS) is 17.3. The number of hydrogen-bond acceptors (Lipinski definition) is 6. The first-order valence-corrected chi connectivity index (χ1v) is 11.1. The van der Waals surface area contributed by atoms with Crippen molar-refractivity contribution in [1.29, 1.82) is 0 Å². The van der Waals surface area contributed by atoms with Crippen molar-refractivity contribution in [2.24, 2.45) is 10.1 Å². The van der Waals surface area contributed by atoms with Crippen molar-refractivity contribution in [3.8, 4) is 0 Å². The van der Waals surface area contributed by atoms with Gasteiger partial charge in [-0.05, 0) is 67.1 Å². The highest BCUT2D eigenvalue weighted by Gasteiger charge is 2.29. The van der Waals surface area contributed by atoms with Crippen LogP contribution < -0.4 is 0 Å². The molecule has 0 saturated carbocycles. The van der Waals surface area contributed by atoms with E-state index in [0.29, 0.717) is 15.8 Å². The number of amidine groups is 1. The number of benzene rings is 2. The molecule has 0 radical (unpaired) electrons. The maximum Gasteiger partial charge on any atom is 0.331 e. The lowest BCUT2D eigenvalue weighted by molar-refractivity contribution is -0.140. The number of oxime groups is 1. The summed E-state index contributed by atoms with van der Waals surface area (Å²) < 4.78 is 2.26. The molecular formula is C24H24N4O3S. The van der Waals surface area contributed by atoms with E-state index in [1.54, 1.807) is 19.0 Å². The van der Waals surface area contributed by atoms with Gasteiger partial charge in [-0.25, -0.2) is 4.79 Å². The molecule has 1 aliphatic rings. The summed E-state index contributed by atoms with van der Waals surface area (Å²) in [7, 11) is 3.42. The van der Waals surface area contributed by atoms with Gasteiger partial charge in [-0.15, -0.1) is 0 Å². The number of amides is 1. The highest BCUT2D eigenvalue weighted by Crippen LogP contribution is 2.34. The Bertz CT molecular complexity index is 1350. The number of aliphatic imine (C=N–C) groups is 1. The first-order valence-electron chi connectivity index (χ1n) is 10.3. The molecule has 2 aromatic carbocycles. The highest BCUT2D eigenvalue weighted by molar-refractivity contribution is 8.18. The molecule has 7 nitrogen and oxygen atoms in total. The van der Waals surface area contributed by atoms with Crippen LogP contribution in [0.25, 0.3) is 27.9 Å². The minimum absolute atomic E-state index is 0.0497. The van der Waals surface area contributed by atoms with Gasteiger partial charge >= 0.3 is 5.97 Å². The van der Waals surface area contributed by atoms with Crippen molar-refractivity contribution in [3.05, 3.63) is 52.4 Å². The van der Waals surface area contributed by atoms with Gasteiger partial charge in [-0.2, -0.15) is 0 Å². The van der Waals surface area contributed by atoms with Crippen molar-refractivity contribution in [2.75, 3.05) is 14.1 Å². The van der Waals surface area contributed by atoms with Crippen molar-refractivity contribution in [2.45, 2.75) is 27.3 Å². The monoisotopic (exact) mass is 448 g/mol. The average Bonchev–Trinajstić information content (AvgIpc) is 3.25. The zero-order valence-electron chi connectivity index (χ0n) is 18.7. The zero-order valence-corrected chi connectivity index (χ0v) is 19.5. The molecule has 3 aromatic rings. The summed E-state index contributed by atoms with van der Waals surface area (Å²) in [5.41, 5.74) is 4.69. The molecule has 0 atom stereocenters. The second-order valence-corrected chi connectivity index (χ2v) is 8.50. The van der Waals surface area contributed by atoms with E-state index in [-0.39, 0.29) is 5.91 Å². The van der Waals surface area contributed by atoms with E-state index < -0.39 is 5.97 Å². The Balaban J connectivity index is 1.84. The van der Waals surface area contributed by atoms with Crippen LogP contribution in [0.4, 0.5) is 0 Å². The Morgan fingerprint density at radius 1 is 1.12 bits per heavy atom. The van der Waals surface area contributed by atoms with Crippen LogP contribution in [0.5, 0.6) is 0 Å². The molecule has 0 bridgehead atoms. The molecule has 1 saturated heterocycles. The van der Waals surface area contributed by atoms with Crippen LogP contribution in [0, 0.1) is 0 Å². The van der Waals surface area contributed by atoms with E-state index >= 15 is 0 Å². The lowest BCUT2D eigenvalue weighted by Gasteiger charge is -2.05. The van der Waals surface area contributed by atoms with Gasteiger partial charge in [0.15, 0.2) is 5.17 Å². The molecule has 0 N–H and O–H groups in total. The molecule has 1 aromatic heterocycles. The van der Waals surface area contributed by atoms with Crippen LogP contribution in [0.15, 0.2) is 51.5 Å². The van der Waals surface area contributed by atoms with Crippen molar-refractivity contribution < 1.29 is 14.4 Å². The Hall–Kier alpha value is -3.39. The number of likely N-dealkylation sites (N-methyl/N-ethyl adjacent to an activating group) is 1. The molecule has 1 amide bonds. The Morgan fingerprint density at radius 3 is 2.44 bits per heavy atom. The maximum absolute atomic E-state index is 12.5. The molecule has 4 rings (SSSR count). The van der Waals surface area contributed by atoms with E-state index in [1.165, 1.54) is 18.7 Å². The van der Waals surface area contributed by atoms with Crippen LogP contribution >= 0.6 is 11.8 Å². The van der Waals surface area contributed by atoms with Gasteiger partial charge < -0.3 is 9.40 Å². The second kappa shape index (κ2) is 8.63. The van der Waals surface area contributed by atoms with Crippen LogP contribution in [0.3, 0.4) is 0 Å². The highest BCUT2D eigenvalue weighted by atomic mass is 32.2. The molecule has 8 heteroatoms. The topological polar surface area (TPSA) is 76.3 Å². The lowest BCUT2D eigenvalue weighted by Crippen LogP contribution is -2.23. The number of fused-ring (bicyclic) bond motifs is 3.